The van der Waals surface area contributed by atoms with Gasteiger partial charge in [0.2, 0.25) is 0 Å². The molecule has 0 aliphatic heterocycles. The lowest BCUT2D eigenvalue weighted by molar-refractivity contribution is 0.0982. The van der Waals surface area contributed by atoms with E-state index in [0.29, 0.717) is 6.42 Å². The fourth-order valence-electron chi connectivity index (χ4n) is 0.995. The number of ketones is 1. The van der Waals surface area contributed by atoms with Gasteiger partial charge in [-0.25, -0.2) is 0 Å². The Hall–Kier alpha value is -1.80. The van der Waals surface area contributed by atoms with E-state index in [0.717, 1.165) is 12.0 Å². The second-order valence-electron chi connectivity index (χ2n) is 2.83. The van der Waals surface area contributed by atoms with Crippen molar-refractivity contribution in [2.24, 2.45) is 5.11 Å². The summed E-state index contributed by atoms with van der Waals surface area (Å²) < 4.78 is 0. The van der Waals surface area contributed by atoms with Crippen LogP contribution in [0.3, 0.4) is 0 Å². The minimum Gasteiger partial charge on any atom is -0.294 e. The van der Waals surface area contributed by atoms with Crippen molar-refractivity contribution in [1.29, 1.82) is 0 Å². The van der Waals surface area contributed by atoms with Gasteiger partial charge in [-0.1, -0.05) is 42.4 Å². The van der Waals surface area contributed by atoms with Gasteiger partial charge >= 0.3 is 0 Å². The Morgan fingerprint density at radius 3 is 2.33 bits per heavy atom. The van der Waals surface area contributed by atoms with Crippen LogP contribution >= 0.6 is 0 Å². The zero-order valence-electron chi connectivity index (χ0n) is 9.05. The smallest absolute Gasteiger partial charge is 0.162 e. The van der Waals surface area contributed by atoms with E-state index in [1.54, 1.807) is 0 Å². The summed E-state index contributed by atoms with van der Waals surface area (Å²) in [6.45, 7) is 2.01. The van der Waals surface area contributed by atoms with E-state index in [4.69, 9.17) is 5.53 Å². The number of rotatable bonds is 3. The van der Waals surface area contributed by atoms with E-state index in [1.807, 2.05) is 37.3 Å². The molecule has 0 atom stereocenters. The highest BCUT2D eigenvalue weighted by molar-refractivity contribution is 5.95. The van der Waals surface area contributed by atoms with Crippen molar-refractivity contribution >= 4 is 5.78 Å². The standard InChI is InChI=1S/C10H12O.CH3N3/c1-2-6-10(11)9-7-4-3-5-8-9;1-3-4-2/h3-5,7-8H,2,6H2,1H3;1H3. The maximum atomic E-state index is 11.2. The van der Waals surface area contributed by atoms with E-state index in [2.05, 4.69) is 10.0 Å². The third-order valence-corrected chi connectivity index (χ3v) is 1.66. The minimum absolute atomic E-state index is 0.244. The molecule has 1 rings (SSSR count). The third kappa shape index (κ3) is 6.29. The predicted molar refractivity (Wildman–Crippen MR) is 60.8 cm³/mol. The first kappa shape index (κ1) is 13.2. The minimum atomic E-state index is 0.244. The maximum Gasteiger partial charge on any atom is 0.162 e. The molecular formula is C11H15N3O. The number of hydrogen-bond acceptors (Lipinski definition) is 2. The molecule has 0 N–H and O–H groups in total. The lowest BCUT2D eigenvalue weighted by Gasteiger charge is -1.96. The number of benzene rings is 1. The van der Waals surface area contributed by atoms with Crippen LogP contribution in [0, 0.1) is 0 Å². The lowest BCUT2D eigenvalue weighted by atomic mass is 10.1. The lowest BCUT2D eigenvalue weighted by Crippen LogP contribution is -1.96. The molecule has 0 radical (unpaired) electrons. The van der Waals surface area contributed by atoms with Gasteiger partial charge in [-0.05, 0) is 12.0 Å². The van der Waals surface area contributed by atoms with E-state index in [1.165, 1.54) is 7.05 Å². The second kappa shape index (κ2) is 8.78. The van der Waals surface area contributed by atoms with Crippen LogP contribution in [0.5, 0.6) is 0 Å². The van der Waals surface area contributed by atoms with Gasteiger partial charge in [-0.15, -0.1) is 0 Å². The molecule has 0 heterocycles. The van der Waals surface area contributed by atoms with Crippen molar-refractivity contribution in [3.05, 3.63) is 46.3 Å². The number of hydrogen-bond donors (Lipinski definition) is 0. The van der Waals surface area contributed by atoms with E-state index in [9.17, 15) is 4.79 Å². The Balaban J connectivity index is 0.000000423. The fourth-order valence-corrected chi connectivity index (χ4v) is 0.995. The predicted octanol–water partition coefficient (Wildman–Crippen LogP) is 3.60. The molecule has 0 spiro atoms. The van der Waals surface area contributed by atoms with Gasteiger partial charge in [0.25, 0.3) is 0 Å². The quantitative estimate of drug-likeness (QED) is 0.322. The Kier molecular flexibility index (Phi) is 7.73. The maximum absolute atomic E-state index is 11.2. The highest BCUT2D eigenvalue weighted by atomic mass is 16.1. The molecule has 0 saturated carbocycles. The summed E-state index contributed by atoms with van der Waals surface area (Å²) in [7, 11) is 1.39. The Labute approximate surface area is 89.6 Å². The molecule has 0 bridgehead atoms. The Morgan fingerprint density at radius 2 is 1.93 bits per heavy atom. The molecule has 0 amide bonds. The molecule has 0 saturated heterocycles. The summed E-state index contributed by atoms with van der Waals surface area (Å²) in [4.78, 5) is 13.6. The van der Waals surface area contributed by atoms with Gasteiger partial charge in [0, 0.05) is 23.9 Å². The van der Waals surface area contributed by atoms with Crippen LogP contribution in [0.4, 0.5) is 0 Å². The Morgan fingerprint density at radius 1 is 1.40 bits per heavy atom. The van der Waals surface area contributed by atoms with Crippen molar-refractivity contribution in [2.75, 3.05) is 7.05 Å². The summed E-state index contributed by atoms with van der Waals surface area (Å²) >= 11 is 0. The van der Waals surface area contributed by atoms with Crippen LogP contribution < -0.4 is 0 Å². The van der Waals surface area contributed by atoms with E-state index < -0.39 is 0 Å². The average Bonchev–Trinajstić information content (AvgIpc) is 2.31. The molecule has 80 valence electrons. The summed E-state index contributed by atoms with van der Waals surface area (Å²) in [6, 6.07) is 9.42. The van der Waals surface area contributed by atoms with Gasteiger partial charge in [-0.2, -0.15) is 0 Å². The first-order valence-corrected chi connectivity index (χ1v) is 4.77. The largest absolute Gasteiger partial charge is 0.294 e. The number of Topliss-reactive ketones (excluding diaryl/α,β-unsaturated/α-hetero) is 1. The van der Waals surface area contributed by atoms with Crippen molar-refractivity contribution in [1.82, 2.24) is 0 Å². The number of carbonyl (C=O) groups is 1. The molecule has 1 aromatic rings. The zero-order chi connectivity index (χ0) is 11.5. The van der Waals surface area contributed by atoms with Crippen molar-refractivity contribution in [3.8, 4) is 0 Å². The number of azide groups is 1. The molecule has 4 nitrogen and oxygen atoms in total. The first-order chi connectivity index (χ1) is 7.26. The fraction of sp³-hybridized carbons (Fsp3) is 0.364. The third-order valence-electron chi connectivity index (χ3n) is 1.66. The van der Waals surface area contributed by atoms with Crippen molar-refractivity contribution in [3.63, 3.8) is 0 Å². The average molecular weight is 205 g/mol. The molecular weight excluding hydrogens is 190 g/mol. The van der Waals surface area contributed by atoms with Gasteiger partial charge in [-0.3, -0.25) is 4.79 Å². The second-order valence-corrected chi connectivity index (χ2v) is 2.83. The number of nitrogens with zero attached hydrogens (tertiary/aromatic N) is 3. The topological polar surface area (TPSA) is 65.8 Å². The van der Waals surface area contributed by atoms with Crippen LogP contribution in [0.15, 0.2) is 35.4 Å². The molecule has 0 unspecified atom stereocenters. The Bertz CT molecular complexity index is 329. The van der Waals surface area contributed by atoms with E-state index >= 15 is 0 Å². The van der Waals surface area contributed by atoms with Crippen LogP contribution in [0.25, 0.3) is 10.4 Å². The summed E-state index contributed by atoms with van der Waals surface area (Å²) in [5, 5.41) is 2.92. The van der Waals surface area contributed by atoms with Crippen LogP contribution in [-0.2, 0) is 0 Å². The summed E-state index contributed by atoms with van der Waals surface area (Å²) in [5.74, 6) is 0.244. The van der Waals surface area contributed by atoms with Crippen LogP contribution in [0.1, 0.15) is 30.1 Å². The van der Waals surface area contributed by atoms with Crippen molar-refractivity contribution < 1.29 is 4.79 Å². The molecule has 0 aliphatic rings. The van der Waals surface area contributed by atoms with Gasteiger partial charge in [0.05, 0.1) is 0 Å². The summed E-state index contributed by atoms with van der Waals surface area (Å²) in [5.41, 5.74) is 8.16. The summed E-state index contributed by atoms with van der Waals surface area (Å²) in [6.07, 6.45) is 1.58. The molecule has 0 aliphatic carbocycles. The van der Waals surface area contributed by atoms with Crippen LogP contribution in [0.2, 0.25) is 0 Å². The monoisotopic (exact) mass is 205 g/mol. The normalized spacial score (nSPS) is 8.13. The molecule has 4 heteroatoms. The molecule has 0 fully saturated rings. The van der Waals surface area contributed by atoms with E-state index in [-0.39, 0.29) is 5.78 Å². The SMILES string of the molecule is CCCC(=O)c1ccccc1.CN=[N+]=[N-]. The van der Waals surface area contributed by atoms with Gasteiger partial charge in [0.15, 0.2) is 5.78 Å². The number of carbonyl (C=O) groups excluding carboxylic acids is 1. The van der Waals surface area contributed by atoms with Gasteiger partial charge < -0.3 is 0 Å². The highest BCUT2D eigenvalue weighted by Crippen LogP contribution is 2.03. The zero-order valence-corrected chi connectivity index (χ0v) is 9.05. The molecule has 1 aromatic carbocycles. The van der Waals surface area contributed by atoms with Crippen molar-refractivity contribution in [2.45, 2.75) is 19.8 Å². The molecule has 0 aromatic heterocycles. The first-order valence-electron chi connectivity index (χ1n) is 4.77. The molecule has 15 heavy (non-hydrogen) atoms. The van der Waals surface area contributed by atoms with Gasteiger partial charge in [0.1, 0.15) is 0 Å². The highest BCUT2D eigenvalue weighted by Gasteiger charge is 2.01. The van der Waals surface area contributed by atoms with Crippen LogP contribution in [-0.4, -0.2) is 12.8 Å².